The van der Waals surface area contributed by atoms with Gasteiger partial charge in [-0.05, 0) is 31.8 Å². The number of hydrogen-bond donors (Lipinski definition) is 1. The summed E-state index contributed by atoms with van der Waals surface area (Å²) in [7, 11) is 1.73. The van der Waals surface area contributed by atoms with Crippen LogP contribution in [0.25, 0.3) is 0 Å². The maximum atomic E-state index is 13.5. The monoisotopic (exact) mass is 281 g/mol. The van der Waals surface area contributed by atoms with Crippen LogP contribution in [0.3, 0.4) is 0 Å². The molecule has 0 aliphatic heterocycles. The van der Waals surface area contributed by atoms with Gasteiger partial charge in [0.15, 0.2) is 5.83 Å². The van der Waals surface area contributed by atoms with E-state index in [2.05, 4.69) is 5.32 Å². The smallest absolute Gasteiger partial charge is 0.389 e. The molecule has 1 aliphatic rings. The minimum absolute atomic E-state index is 0.0954. The van der Waals surface area contributed by atoms with Crippen LogP contribution < -0.4 is 5.32 Å². The first-order valence-corrected chi connectivity index (χ1v) is 6.39. The fraction of sp³-hybridized carbons (Fsp3) is 0.692. The molecule has 0 radical (unpaired) electrons. The highest BCUT2D eigenvalue weighted by Gasteiger charge is 2.25. The number of hydrogen-bond acceptors (Lipinski definition) is 2. The maximum absolute atomic E-state index is 13.5. The summed E-state index contributed by atoms with van der Waals surface area (Å²) in [6, 6.07) is 0. The van der Waals surface area contributed by atoms with E-state index < -0.39 is 18.4 Å². The van der Waals surface area contributed by atoms with Crippen LogP contribution in [0.15, 0.2) is 23.4 Å². The van der Waals surface area contributed by atoms with Gasteiger partial charge in [0.1, 0.15) is 5.76 Å². The van der Waals surface area contributed by atoms with Crippen molar-refractivity contribution in [3.8, 4) is 0 Å². The van der Waals surface area contributed by atoms with E-state index in [1.54, 1.807) is 7.05 Å². The number of halogens is 4. The summed E-state index contributed by atoms with van der Waals surface area (Å²) in [5.41, 5.74) is 0.815. The third-order valence-corrected chi connectivity index (χ3v) is 2.89. The minimum Gasteiger partial charge on any atom is -0.495 e. The zero-order valence-electron chi connectivity index (χ0n) is 10.9. The van der Waals surface area contributed by atoms with E-state index in [9.17, 15) is 17.6 Å². The van der Waals surface area contributed by atoms with E-state index in [1.807, 2.05) is 0 Å². The molecule has 1 rings (SSSR count). The van der Waals surface area contributed by atoms with Crippen molar-refractivity contribution in [2.24, 2.45) is 0 Å². The van der Waals surface area contributed by atoms with Crippen LogP contribution in [0, 0.1) is 0 Å². The molecule has 0 atom stereocenters. The lowest BCUT2D eigenvalue weighted by Gasteiger charge is -2.17. The van der Waals surface area contributed by atoms with Crippen LogP contribution in [0.4, 0.5) is 17.6 Å². The fourth-order valence-corrected chi connectivity index (χ4v) is 1.81. The fourth-order valence-electron chi connectivity index (χ4n) is 1.81. The van der Waals surface area contributed by atoms with Crippen LogP contribution in [0.2, 0.25) is 0 Å². The largest absolute Gasteiger partial charge is 0.495 e. The number of rotatable bonds is 7. The molecule has 0 bridgehead atoms. The van der Waals surface area contributed by atoms with Gasteiger partial charge in [-0.2, -0.15) is 13.2 Å². The standard InChI is InChI=1S/C13H19F4NO/c1-18-10-5-6-12(11(14)9-10)19-8-4-2-3-7-13(15,16)17/h9,18H,2-8H2,1H3. The van der Waals surface area contributed by atoms with Gasteiger partial charge in [-0.3, -0.25) is 0 Å². The molecule has 0 unspecified atom stereocenters. The van der Waals surface area contributed by atoms with Gasteiger partial charge in [-0.15, -0.1) is 0 Å². The number of unbranched alkanes of at least 4 members (excludes halogenated alkanes) is 2. The molecule has 0 aromatic carbocycles. The van der Waals surface area contributed by atoms with Gasteiger partial charge in [-0.1, -0.05) is 0 Å². The van der Waals surface area contributed by atoms with E-state index in [4.69, 9.17) is 4.74 Å². The number of allylic oxidation sites excluding steroid dienone is 4. The van der Waals surface area contributed by atoms with E-state index in [0.29, 0.717) is 31.4 Å². The van der Waals surface area contributed by atoms with E-state index in [0.717, 1.165) is 5.70 Å². The molecule has 1 aliphatic carbocycles. The lowest BCUT2D eigenvalue weighted by atomic mass is 10.1. The summed E-state index contributed by atoms with van der Waals surface area (Å²) < 4.78 is 54.4. The molecule has 1 N–H and O–H groups in total. The van der Waals surface area contributed by atoms with E-state index >= 15 is 0 Å². The predicted molar refractivity (Wildman–Crippen MR) is 65.0 cm³/mol. The van der Waals surface area contributed by atoms with Crippen LogP contribution in [-0.4, -0.2) is 19.8 Å². The third kappa shape index (κ3) is 6.50. The quantitative estimate of drug-likeness (QED) is 0.557. The van der Waals surface area contributed by atoms with Crippen molar-refractivity contribution >= 4 is 0 Å². The molecule has 0 saturated heterocycles. The summed E-state index contributed by atoms with van der Waals surface area (Å²) in [6.07, 6.45) is -1.25. The Kier molecular flexibility index (Phi) is 6.18. The summed E-state index contributed by atoms with van der Waals surface area (Å²) in [5.74, 6) is -0.0966. The first kappa shape index (κ1) is 15.9. The van der Waals surface area contributed by atoms with Gasteiger partial charge >= 0.3 is 6.18 Å². The Morgan fingerprint density at radius 2 is 1.95 bits per heavy atom. The van der Waals surface area contributed by atoms with E-state index in [1.165, 1.54) is 6.08 Å². The maximum Gasteiger partial charge on any atom is 0.389 e. The summed E-state index contributed by atoms with van der Waals surface area (Å²) >= 11 is 0. The lowest BCUT2D eigenvalue weighted by molar-refractivity contribution is -0.135. The lowest BCUT2D eigenvalue weighted by Crippen LogP contribution is -2.11. The highest BCUT2D eigenvalue weighted by atomic mass is 19.4. The van der Waals surface area contributed by atoms with Crippen molar-refractivity contribution in [1.82, 2.24) is 5.32 Å². The molecular weight excluding hydrogens is 262 g/mol. The molecule has 0 aromatic heterocycles. The minimum atomic E-state index is -4.09. The predicted octanol–water partition coefficient (Wildman–Crippen LogP) is 4.20. The Morgan fingerprint density at radius 3 is 2.53 bits per heavy atom. The van der Waals surface area contributed by atoms with Gasteiger partial charge in [0.05, 0.1) is 6.61 Å². The van der Waals surface area contributed by atoms with Crippen LogP contribution in [0.1, 0.15) is 38.5 Å². The van der Waals surface area contributed by atoms with Crippen molar-refractivity contribution in [2.75, 3.05) is 13.7 Å². The van der Waals surface area contributed by atoms with Crippen molar-refractivity contribution in [2.45, 2.75) is 44.7 Å². The molecule has 0 fully saturated rings. The van der Waals surface area contributed by atoms with Gasteiger partial charge in [0.25, 0.3) is 0 Å². The Balaban J connectivity index is 2.18. The Labute approximate surface area is 110 Å². The van der Waals surface area contributed by atoms with Crippen molar-refractivity contribution < 1.29 is 22.3 Å². The molecular formula is C13H19F4NO. The third-order valence-electron chi connectivity index (χ3n) is 2.89. The number of ether oxygens (including phenoxy) is 1. The number of alkyl halides is 3. The Hall–Kier alpha value is -1.20. The van der Waals surface area contributed by atoms with Gasteiger partial charge in [0, 0.05) is 25.6 Å². The zero-order valence-corrected chi connectivity index (χ0v) is 10.9. The SMILES string of the molecule is CNC1=CC(F)=C(OCCCCCC(F)(F)F)CC1. The first-order valence-electron chi connectivity index (χ1n) is 6.39. The van der Waals surface area contributed by atoms with Gasteiger partial charge < -0.3 is 10.1 Å². The van der Waals surface area contributed by atoms with Crippen molar-refractivity contribution in [1.29, 1.82) is 0 Å². The van der Waals surface area contributed by atoms with Gasteiger partial charge in [-0.25, -0.2) is 4.39 Å². The summed E-state index contributed by atoms with van der Waals surface area (Å²) in [4.78, 5) is 0. The molecule has 0 amide bonds. The molecule has 19 heavy (non-hydrogen) atoms. The summed E-state index contributed by atoms with van der Waals surface area (Å²) in [5, 5.41) is 2.88. The molecule has 6 heteroatoms. The molecule has 2 nitrogen and oxygen atoms in total. The van der Waals surface area contributed by atoms with Crippen LogP contribution >= 0.6 is 0 Å². The average molecular weight is 281 g/mol. The van der Waals surface area contributed by atoms with E-state index in [-0.39, 0.29) is 13.0 Å². The Bertz CT molecular complexity index is 347. The second-order valence-electron chi connectivity index (χ2n) is 4.46. The highest BCUT2D eigenvalue weighted by Crippen LogP contribution is 2.25. The normalized spacial score (nSPS) is 16.4. The zero-order chi connectivity index (χ0) is 14.3. The van der Waals surface area contributed by atoms with Crippen LogP contribution in [-0.2, 0) is 4.74 Å². The molecule has 0 spiro atoms. The summed E-state index contributed by atoms with van der Waals surface area (Å²) in [6.45, 7) is 0.267. The topological polar surface area (TPSA) is 21.3 Å². The van der Waals surface area contributed by atoms with Gasteiger partial charge in [0.2, 0.25) is 0 Å². The second kappa shape index (κ2) is 7.40. The molecule has 0 saturated carbocycles. The molecule has 0 aromatic rings. The van der Waals surface area contributed by atoms with Crippen LogP contribution in [0.5, 0.6) is 0 Å². The molecule has 0 heterocycles. The molecule has 110 valence electrons. The first-order chi connectivity index (χ1) is 8.92. The second-order valence-corrected chi connectivity index (χ2v) is 4.46. The highest BCUT2D eigenvalue weighted by molar-refractivity contribution is 5.25. The van der Waals surface area contributed by atoms with Crippen molar-refractivity contribution in [3.63, 3.8) is 0 Å². The number of nitrogens with one attached hydrogen (secondary N) is 1. The van der Waals surface area contributed by atoms with Crippen molar-refractivity contribution in [3.05, 3.63) is 23.4 Å². The average Bonchev–Trinajstić information content (AvgIpc) is 2.33. The Morgan fingerprint density at radius 1 is 1.21 bits per heavy atom.